The van der Waals surface area contributed by atoms with Gasteiger partial charge in [-0.25, -0.2) is 11.0 Å². The maximum atomic E-state index is 11.8. The zero-order chi connectivity index (χ0) is 19.3. The van der Waals surface area contributed by atoms with Crippen molar-refractivity contribution in [2.45, 2.75) is 6.54 Å². The molecular weight excluding hydrogens is 336 g/mol. The van der Waals surface area contributed by atoms with E-state index in [1.165, 1.54) is 0 Å². The molecule has 0 atom stereocenters. The normalized spacial score (nSPS) is 10.3. The Morgan fingerprint density at radius 1 is 0.923 bits per heavy atom. The first kappa shape index (κ1) is 19.4. The average molecular weight is 358 g/mol. The third-order valence-corrected chi connectivity index (χ3v) is 3.98. The Morgan fingerprint density at radius 2 is 1.46 bits per heavy atom. The minimum Gasteiger partial charge on any atom is -0.377 e. The van der Waals surface area contributed by atoms with Crippen molar-refractivity contribution in [2.75, 3.05) is 26.0 Å². The fourth-order valence-corrected chi connectivity index (χ4v) is 2.73. The van der Waals surface area contributed by atoms with Crippen molar-refractivity contribution < 1.29 is 20.0 Å². The Labute approximate surface area is 151 Å². The maximum absolute atomic E-state index is 11.8. The summed E-state index contributed by atoms with van der Waals surface area (Å²) in [6, 6.07) is 10.5. The van der Waals surface area contributed by atoms with E-state index in [0.717, 1.165) is 16.7 Å². The van der Waals surface area contributed by atoms with Crippen LogP contribution < -0.4 is 21.2 Å². The zero-order valence-electron chi connectivity index (χ0n) is 14.8. The molecule has 26 heavy (non-hydrogen) atoms. The molecule has 0 saturated carbocycles. The van der Waals surface area contributed by atoms with Gasteiger partial charge in [0, 0.05) is 31.9 Å². The van der Waals surface area contributed by atoms with Gasteiger partial charge in [0.2, 0.25) is 0 Å². The van der Waals surface area contributed by atoms with E-state index in [2.05, 4.69) is 5.32 Å². The van der Waals surface area contributed by atoms with Crippen LogP contribution in [0.3, 0.4) is 0 Å². The summed E-state index contributed by atoms with van der Waals surface area (Å²) < 4.78 is 0. The van der Waals surface area contributed by atoms with Crippen molar-refractivity contribution in [3.8, 4) is 11.1 Å². The highest BCUT2D eigenvalue weighted by molar-refractivity contribution is 6.00. The highest BCUT2D eigenvalue weighted by Crippen LogP contribution is 2.29. The molecule has 0 unspecified atom stereocenters. The van der Waals surface area contributed by atoms with Gasteiger partial charge in [-0.2, -0.15) is 0 Å². The van der Waals surface area contributed by atoms with Crippen molar-refractivity contribution in [3.05, 3.63) is 53.1 Å². The number of anilines is 1. The molecule has 0 aliphatic heterocycles. The fourth-order valence-electron chi connectivity index (χ4n) is 2.73. The lowest BCUT2D eigenvalue weighted by Crippen LogP contribution is -2.22. The van der Waals surface area contributed by atoms with Crippen LogP contribution in [0.25, 0.3) is 11.1 Å². The highest BCUT2D eigenvalue weighted by Gasteiger charge is 2.15. The summed E-state index contributed by atoms with van der Waals surface area (Å²) in [7, 11) is 5.36. The van der Waals surface area contributed by atoms with Crippen LogP contribution in [0.15, 0.2) is 36.4 Å². The summed E-state index contributed by atoms with van der Waals surface area (Å²) >= 11 is 0. The second kappa shape index (κ2) is 8.43. The number of benzene rings is 2. The van der Waals surface area contributed by atoms with Crippen molar-refractivity contribution in [2.24, 2.45) is 0 Å². The molecule has 0 spiro atoms. The summed E-state index contributed by atoms with van der Waals surface area (Å²) in [4.78, 5) is 25.4. The lowest BCUT2D eigenvalue weighted by atomic mass is 9.97. The van der Waals surface area contributed by atoms with Crippen LogP contribution in [0.4, 0.5) is 5.69 Å². The topological polar surface area (TPSA) is 114 Å². The van der Waals surface area contributed by atoms with Crippen molar-refractivity contribution in [1.82, 2.24) is 16.3 Å². The Balaban J connectivity index is 2.54. The largest absolute Gasteiger partial charge is 0.377 e. The van der Waals surface area contributed by atoms with E-state index in [9.17, 15) is 9.59 Å². The van der Waals surface area contributed by atoms with Crippen molar-refractivity contribution in [1.29, 1.82) is 0 Å². The van der Waals surface area contributed by atoms with Gasteiger partial charge >= 0.3 is 0 Å². The van der Waals surface area contributed by atoms with Gasteiger partial charge in [-0.1, -0.05) is 12.1 Å². The van der Waals surface area contributed by atoms with E-state index in [4.69, 9.17) is 10.4 Å². The van der Waals surface area contributed by atoms with Gasteiger partial charge in [0.25, 0.3) is 11.8 Å². The molecule has 0 aliphatic rings. The van der Waals surface area contributed by atoms with Crippen LogP contribution in [0, 0.1) is 0 Å². The highest BCUT2D eigenvalue weighted by atomic mass is 16.5. The van der Waals surface area contributed by atoms with E-state index in [-0.39, 0.29) is 0 Å². The molecule has 0 saturated heterocycles. The van der Waals surface area contributed by atoms with Crippen LogP contribution in [-0.2, 0) is 6.54 Å². The summed E-state index contributed by atoms with van der Waals surface area (Å²) in [6.07, 6.45) is 0. The van der Waals surface area contributed by atoms with E-state index in [1.54, 1.807) is 61.3 Å². The number of hydrogen-bond acceptors (Lipinski definition) is 6. The summed E-state index contributed by atoms with van der Waals surface area (Å²) in [5, 5.41) is 20.8. The van der Waals surface area contributed by atoms with E-state index < -0.39 is 11.8 Å². The van der Waals surface area contributed by atoms with Gasteiger partial charge < -0.3 is 10.2 Å². The lowest BCUT2D eigenvalue weighted by molar-refractivity contribution is 0.0701. The van der Waals surface area contributed by atoms with E-state index in [1.807, 2.05) is 12.1 Å². The number of amides is 2. The number of hydroxylamine groups is 2. The molecule has 8 nitrogen and oxygen atoms in total. The second-order valence-corrected chi connectivity index (χ2v) is 5.91. The summed E-state index contributed by atoms with van der Waals surface area (Å²) in [6.45, 7) is 0.447. The van der Waals surface area contributed by atoms with Crippen molar-refractivity contribution in [3.63, 3.8) is 0 Å². The molecule has 0 bridgehead atoms. The van der Waals surface area contributed by atoms with Gasteiger partial charge in [0.05, 0.1) is 5.56 Å². The lowest BCUT2D eigenvalue weighted by Gasteiger charge is -2.18. The Kier molecular flexibility index (Phi) is 6.29. The molecule has 2 rings (SSSR count). The van der Waals surface area contributed by atoms with Crippen LogP contribution in [0.2, 0.25) is 0 Å². The predicted molar refractivity (Wildman–Crippen MR) is 97.5 cm³/mol. The van der Waals surface area contributed by atoms with Crippen LogP contribution in [0.1, 0.15) is 26.3 Å². The van der Waals surface area contributed by atoms with Gasteiger partial charge in [-0.05, 0) is 48.0 Å². The standard InChI is InChI=1S/C18H22N4O4/c1-19-10-13-8-11(4-6-14(13)17(23)20-25)12-5-7-15(18(24)21-26)16(9-12)22(2)3/h4-9,19,25-26H,10H2,1-3H3,(H,20,23)(H,21,24). The molecule has 5 N–H and O–H groups in total. The van der Waals surface area contributed by atoms with E-state index >= 15 is 0 Å². The van der Waals surface area contributed by atoms with Gasteiger partial charge in [0.1, 0.15) is 0 Å². The SMILES string of the molecule is CNCc1cc(-c2ccc(C(=O)NO)c(N(C)C)c2)ccc1C(=O)NO. The molecule has 0 fully saturated rings. The van der Waals surface area contributed by atoms with Gasteiger partial charge in [-0.15, -0.1) is 0 Å². The molecule has 0 heterocycles. The number of carbonyl (C=O) groups is 2. The van der Waals surface area contributed by atoms with E-state index in [0.29, 0.717) is 23.4 Å². The minimum atomic E-state index is -0.592. The van der Waals surface area contributed by atoms with Crippen LogP contribution >= 0.6 is 0 Å². The third-order valence-electron chi connectivity index (χ3n) is 3.98. The third kappa shape index (κ3) is 3.99. The second-order valence-electron chi connectivity index (χ2n) is 5.91. The first-order valence-corrected chi connectivity index (χ1v) is 7.91. The molecule has 138 valence electrons. The van der Waals surface area contributed by atoms with Gasteiger partial charge in [-0.3, -0.25) is 20.0 Å². The molecule has 0 aliphatic carbocycles. The summed E-state index contributed by atoms with van der Waals surface area (Å²) in [5.74, 6) is -1.17. The van der Waals surface area contributed by atoms with Crippen LogP contribution in [0.5, 0.6) is 0 Å². The smallest absolute Gasteiger partial charge is 0.276 e. The number of carbonyl (C=O) groups excluding carboxylic acids is 2. The molecule has 8 heteroatoms. The number of nitrogens with one attached hydrogen (secondary N) is 3. The molecule has 2 aromatic rings. The molecule has 0 radical (unpaired) electrons. The zero-order valence-corrected chi connectivity index (χ0v) is 14.8. The van der Waals surface area contributed by atoms with Crippen molar-refractivity contribution >= 4 is 17.5 Å². The first-order valence-electron chi connectivity index (χ1n) is 7.91. The summed E-state index contributed by atoms with van der Waals surface area (Å²) in [5.41, 5.74) is 7.06. The minimum absolute atomic E-state index is 0.341. The number of rotatable bonds is 6. The van der Waals surface area contributed by atoms with Crippen LogP contribution in [-0.4, -0.2) is 43.4 Å². The Hall–Kier alpha value is -2.94. The Bertz CT molecular complexity index is 821. The van der Waals surface area contributed by atoms with Gasteiger partial charge in [0.15, 0.2) is 0 Å². The Morgan fingerprint density at radius 3 is 2.00 bits per heavy atom. The monoisotopic (exact) mass is 358 g/mol. The quantitative estimate of drug-likeness (QED) is 0.394. The molecule has 2 amide bonds. The maximum Gasteiger partial charge on any atom is 0.276 e. The molecule has 2 aromatic carbocycles. The first-order chi connectivity index (χ1) is 12.4. The fraction of sp³-hybridized carbons (Fsp3) is 0.222. The predicted octanol–water partition coefficient (Wildman–Crippen LogP) is 1.38. The molecular formula is C18H22N4O4. The average Bonchev–Trinajstić information content (AvgIpc) is 2.66. The number of hydrogen-bond donors (Lipinski definition) is 5. The number of nitrogens with zero attached hydrogens (tertiary/aromatic N) is 1. The molecule has 0 aromatic heterocycles.